The molecule has 0 heterocycles. The quantitative estimate of drug-likeness (QED) is 0.886. The summed E-state index contributed by atoms with van der Waals surface area (Å²) < 4.78 is 0. The molecule has 2 aliphatic carbocycles. The summed E-state index contributed by atoms with van der Waals surface area (Å²) in [4.78, 5) is 11.6. The second-order valence-electron chi connectivity index (χ2n) is 6.42. The van der Waals surface area contributed by atoms with Gasteiger partial charge in [-0.05, 0) is 61.5 Å². The van der Waals surface area contributed by atoms with Gasteiger partial charge in [-0.1, -0.05) is 30.7 Å². The Balaban J connectivity index is 1.79. The van der Waals surface area contributed by atoms with Crippen molar-refractivity contribution in [1.29, 1.82) is 0 Å². The molecule has 0 amide bonds. The topological polar surface area (TPSA) is 37.3 Å². The Morgan fingerprint density at radius 3 is 2.68 bits per heavy atom. The van der Waals surface area contributed by atoms with E-state index < -0.39 is 5.97 Å². The first-order valence-electron chi connectivity index (χ1n) is 7.43. The van der Waals surface area contributed by atoms with Crippen LogP contribution in [0.2, 0.25) is 0 Å². The van der Waals surface area contributed by atoms with Crippen molar-refractivity contribution in [3.05, 3.63) is 35.4 Å². The molecular weight excluding hydrogens is 236 g/mol. The van der Waals surface area contributed by atoms with Crippen molar-refractivity contribution in [2.45, 2.75) is 44.9 Å². The molecule has 2 fully saturated rings. The lowest BCUT2D eigenvalue weighted by atomic mass is 9.79. The van der Waals surface area contributed by atoms with E-state index in [-0.39, 0.29) is 5.92 Å². The van der Waals surface area contributed by atoms with Gasteiger partial charge in [-0.2, -0.15) is 0 Å². The number of fused-ring (bicyclic) bond motifs is 2. The highest BCUT2D eigenvalue weighted by atomic mass is 16.4. The van der Waals surface area contributed by atoms with Crippen LogP contribution in [0.4, 0.5) is 0 Å². The highest BCUT2D eigenvalue weighted by Crippen LogP contribution is 2.51. The number of aryl methyl sites for hydroxylation is 1. The van der Waals surface area contributed by atoms with Gasteiger partial charge in [-0.25, -0.2) is 0 Å². The van der Waals surface area contributed by atoms with Crippen LogP contribution in [0.3, 0.4) is 0 Å². The molecule has 2 nitrogen and oxygen atoms in total. The van der Waals surface area contributed by atoms with Gasteiger partial charge in [0, 0.05) is 0 Å². The van der Waals surface area contributed by atoms with Crippen molar-refractivity contribution in [1.82, 2.24) is 0 Å². The van der Waals surface area contributed by atoms with E-state index in [0.29, 0.717) is 5.92 Å². The molecule has 3 rings (SSSR count). The summed E-state index contributed by atoms with van der Waals surface area (Å²) in [6.45, 7) is 2.02. The number of hydrogen-bond acceptors (Lipinski definition) is 1. The van der Waals surface area contributed by atoms with Gasteiger partial charge in [0.2, 0.25) is 0 Å². The minimum atomic E-state index is -0.655. The molecule has 2 aliphatic rings. The van der Waals surface area contributed by atoms with Crippen molar-refractivity contribution >= 4 is 5.97 Å². The molecule has 2 heteroatoms. The van der Waals surface area contributed by atoms with Gasteiger partial charge in [0.15, 0.2) is 0 Å². The number of carboxylic acid groups (broad SMARTS) is 1. The number of benzene rings is 1. The predicted octanol–water partition coefficient (Wildman–Crippen LogP) is 3.99. The van der Waals surface area contributed by atoms with E-state index in [1.54, 1.807) is 0 Å². The van der Waals surface area contributed by atoms with Gasteiger partial charge in [-0.15, -0.1) is 0 Å². The molecule has 0 radical (unpaired) electrons. The molecule has 19 heavy (non-hydrogen) atoms. The van der Waals surface area contributed by atoms with Crippen molar-refractivity contribution < 1.29 is 9.90 Å². The Morgan fingerprint density at radius 1 is 1.32 bits per heavy atom. The zero-order valence-electron chi connectivity index (χ0n) is 11.5. The molecule has 1 aromatic carbocycles. The Morgan fingerprint density at radius 2 is 2.11 bits per heavy atom. The maximum atomic E-state index is 11.6. The van der Waals surface area contributed by atoms with Crippen LogP contribution in [0.25, 0.3) is 0 Å². The van der Waals surface area contributed by atoms with E-state index in [1.807, 2.05) is 31.2 Å². The third-order valence-corrected chi connectivity index (χ3v) is 5.28. The van der Waals surface area contributed by atoms with Crippen LogP contribution in [-0.2, 0) is 4.79 Å². The predicted molar refractivity (Wildman–Crippen MR) is 75.1 cm³/mol. The van der Waals surface area contributed by atoms with E-state index in [9.17, 15) is 9.90 Å². The third kappa shape index (κ3) is 2.41. The Kier molecular flexibility index (Phi) is 3.34. The fourth-order valence-electron chi connectivity index (χ4n) is 4.31. The summed E-state index contributed by atoms with van der Waals surface area (Å²) in [5.74, 6) is 1.36. The SMILES string of the molecule is Cc1ccccc1C(CC1CC2CCC1C2)C(=O)O. The number of carbonyl (C=O) groups is 1. The van der Waals surface area contributed by atoms with E-state index >= 15 is 0 Å². The maximum absolute atomic E-state index is 11.6. The molecule has 2 bridgehead atoms. The third-order valence-electron chi connectivity index (χ3n) is 5.28. The van der Waals surface area contributed by atoms with Crippen molar-refractivity contribution in [2.75, 3.05) is 0 Å². The zero-order valence-corrected chi connectivity index (χ0v) is 11.5. The smallest absolute Gasteiger partial charge is 0.310 e. The molecule has 2 saturated carbocycles. The standard InChI is InChI=1S/C17H22O2/c1-11-4-2-3-5-15(11)16(17(18)19)10-14-9-12-6-7-13(14)8-12/h2-5,12-14,16H,6-10H2,1H3,(H,18,19). The Hall–Kier alpha value is -1.31. The zero-order chi connectivity index (χ0) is 13.4. The molecule has 4 atom stereocenters. The highest BCUT2D eigenvalue weighted by Gasteiger charge is 2.41. The first-order valence-corrected chi connectivity index (χ1v) is 7.43. The average Bonchev–Trinajstić information content (AvgIpc) is 2.99. The fraction of sp³-hybridized carbons (Fsp3) is 0.588. The lowest BCUT2D eigenvalue weighted by molar-refractivity contribution is -0.139. The Labute approximate surface area is 114 Å². The van der Waals surface area contributed by atoms with Crippen molar-refractivity contribution in [3.63, 3.8) is 0 Å². The molecule has 1 aromatic rings. The summed E-state index contributed by atoms with van der Waals surface area (Å²) >= 11 is 0. The van der Waals surface area contributed by atoms with Gasteiger partial charge in [-0.3, -0.25) is 4.79 Å². The van der Waals surface area contributed by atoms with Gasteiger partial charge in [0.05, 0.1) is 5.92 Å². The van der Waals surface area contributed by atoms with E-state index in [1.165, 1.54) is 25.7 Å². The normalized spacial score (nSPS) is 30.5. The van der Waals surface area contributed by atoms with Crippen molar-refractivity contribution in [3.8, 4) is 0 Å². The minimum Gasteiger partial charge on any atom is -0.481 e. The minimum absolute atomic E-state index is 0.314. The van der Waals surface area contributed by atoms with Gasteiger partial charge >= 0.3 is 5.97 Å². The summed E-state index contributed by atoms with van der Waals surface area (Å²) in [5.41, 5.74) is 2.12. The summed E-state index contributed by atoms with van der Waals surface area (Å²) in [6, 6.07) is 7.95. The first kappa shape index (κ1) is 12.7. The fourth-order valence-corrected chi connectivity index (χ4v) is 4.31. The molecular formula is C17H22O2. The summed E-state index contributed by atoms with van der Waals surface area (Å²) in [5, 5.41) is 9.58. The van der Waals surface area contributed by atoms with Crippen molar-refractivity contribution in [2.24, 2.45) is 17.8 Å². The molecule has 4 unspecified atom stereocenters. The van der Waals surface area contributed by atoms with Crippen LogP contribution in [0.15, 0.2) is 24.3 Å². The van der Waals surface area contributed by atoms with Crippen LogP contribution < -0.4 is 0 Å². The first-order chi connectivity index (χ1) is 9.15. The summed E-state index contributed by atoms with van der Waals surface area (Å²) in [6.07, 6.45) is 6.16. The molecule has 0 spiro atoms. The number of hydrogen-bond donors (Lipinski definition) is 1. The van der Waals surface area contributed by atoms with E-state index in [2.05, 4.69) is 0 Å². The lowest BCUT2D eigenvalue weighted by Crippen LogP contribution is -2.20. The van der Waals surface area contributed by atoms with E-state index in [4.69, 9.17) is 0 Å². The molecule has 0 aromatic heterocycles. The largest absolute Gasteiger partial charge is 0.481 e. The molecule has 1 N–H and O–H groups in total. The van der Waals surface area contributed by atoms with Crippen LogP contribution in [0.1, 0.15) is 49.1 Å². The second-order valence-corrected chi connectivity index (χ2v) is 6.42. The highest BCUT2D eigenvalue weighted by molar-refractivity contribution is 5.76. The molecule has 0 aliphatic heterocycles. The number of carboxylic acids is 1. The maximum Gasteiger partial charge on any atom is 0.310 e. The second kappa shape index (κ2) is 4.99. The summed E-state index contributed by atoms with van der Waals surface area (Å²) in [7, 11) is 0. The van der Waals surface area contributed by atoms with Crippen LogP contribution in [0.5, 0.6) is 0 Å². The van der Waals surface area contributed by atoms with Crippen LogP contribution in [0, 0.1) is 24.7 Å². The lowest BCUT2D eigenvalue weighted by Gasteiger charge is -2.25. The van der Waals surface area contributed by atoms with Gasteiger partial charge in [0.25, 0.3) is 0 Å². The Bertz CT molecular complexity index is 480. The van der Waals surface area contributed by atoms with Gasteiger partial charge in [0.1, 0.15) is 0 Å². The van der Waals surface area contributed by atoms with E-state index in [0.717, 1.165) is 29.4 Å². The number of aliphatic carboxylic acids is 1. The average molecular weight is 258 g/mol. The molecule has 102 valence electrons. The molecule has 0 saturated heterocycles. The number of rotatable bonds is 4. The monoisotopic (exact) mass is 258 g/mol. The van der Waals surface area contributed by atoms with Crippen LogP contribution in [-0.4, -0.2) is 11.1 Å². The van der Waals surface area contributed by atoms with Gasteiger partial charge < -0.3 is 5.11 Å². The van der Waals surface area contributed by atoms with Crippen LogP contribution >= 0.6 is 0 Å².